The van der Waals surface area contributed by atoms with E-state index >= 15 is 0 Å². The molecule has 0 bridgehead atoms. The lowest BCUT2D eigenvalue weighted by Gasteiger charge is -2.28. The lowest BCUT2D eigenvalue weighted by Crippen LogP contribution is -2.36. The van der Waals surface area contributed by atoms with Crippen LogP contribution in [0.3, 0.4) is 0 Å². The molecule has 0 aromatic carbocycles. The summed E-state index contributed by atoms with van der Waals surface area (Å²) in [6.07, 6.45) is 1.84. The third-order valence-electron chi connectivity index (χ3n) is 5.75. The van der Waals surface area contributed by atoms with Crippen LogP contribution in [0.2, 0.25) is 25.2 Å². The van der Waals surface area contributed by atoms with Gasteiger partial charge in [0.25, 0.3) is 5.56 Å². The number of aromatic nitrogens is 2. The lowest BCUT2D eigenvalue weighted by molar-refractivity contribution is -0.103. The van der Waals surface area contributed by atoms with Crippen LogP contribution in [0.15, 0.2) is 15.8 Å². The molecule has 0 saturated carbocycles. The highest BCUT2D eigenvalue weighted by Gasteiger charge is 2.49. The number of hydrogen-bond donors (Lipinski definition) is 2. The van der Waals surface area contributed by atoms with Gasteiger partial charge in [-0.05, 0) is 25.3 Å². The Morgan fingerprint density at radius 2 is 2.00 bits per heavy atom. The minimum Gasteiger partial charge on any atom is -0.390 e. The molecule has 27 heavy (non-hydrogen) atoms. The van der Waals surface area contributed by atoms with E-state index in [0.29, 0.717) is 17.5 Å². The van der Waals surface area contributed by atoms with Crippen molar-refractivity contribution < 1.29 is 14.6 Å². The van der Waals surface area contributed by atoms with Crippen molar-refractivity contribution in [2.75, 3.05) is 5.33 Å². The van der Waals surface area contributed by atoms with Gasteiger partial charge >= 0.3 is 5.69 Å². The fraction of sp³-hybridized carbons (Fsp3) is 0.778. The van der Waals surface area contributed by atoms with E-state index in [4.69, 9.17) is 9.47 Å². The maximum Gasteiger partial charge on any atom is 0.330 e. The number of rotatable bonds is 5. The van der Waals surface area contributed by atoms with E-state index < -0.39 is 37.8 Å². The molecule has 7 nitrogen and oxygen atoms in total. The second-order valence-corrected chi connectivity index (χ2v) is 15.0. The van der Waals surface area contributed by atoms with Gasteiger partial charge in [-0.2, -0.15) is 0 Å². The Kier molecular flexibility index (Phi) is 6.17. The zero-order valence-corrected chi connectivity index (χ0v) is 18.9. The second kappa shape index (κ2) is 7.94. The van der Waals surface area contributed by atoms with Gasteiger partial charge < -0.3 is 14.6 Å². The number of aliphatic hydroxyl groups is 1. The maximum absolute atomic E-state index is 12.1. The van der Waals surface area contributed by atoms with Gasteiger partial charge in [0.05, 0.1) is 26.4 Å². The minimum absolute atomic E-state index is 0.175. The number of hydrogen-bond acceptors (Lipinski definition) is 5. The molecule has 1 aromatic heterocycles. The number of alkyl halides is 1. The summed E-state index contributed by atoms with van der Waals surface area (Å²) in [5.74, 6) is 0. The van der Waals surface area contributed by atoms with E-state index in [1.165, 1.54) is 10.8 Å². The summed E-state index contributed by atoms with van der Waals surface area (Å²) in [6, 6.07) is 0. The summed E-state index contributed by atoms with van der Waals surface area (Å²) in [5, 5.41) is 11.5. The summed E-state index contributed by atoms with van der Waals surface area (Å²) < 4.78 is 13.8. The van der Waals surface area contributed by atoms with Crippen LogP contribution < -0.4 is 11.2 Å². The molecule has 2 saturated heterocycles. The quantitative estimate of drug-likeness (QED) is 0.518. The van der Waals surface area contributed by atoms with Crippen molar-refractivity contribution in [3.63, 3.8) is 0 Å². The van der Waals surface area contributed by atoms with E-state index in [2.05, 4.69) is 40.6 Å². The highest BCUT2D eigenvalue weighted by atomic mass is 79.9. The van der Waals surface area contributed by atoms with E-state index in [1.54, 1.807) is 6.92 Å². The average Bonchev–Trinajstić information content (AvgIpc) is 3.14. The summed E-state index contributed by atoms with van der Waals surface area (Å²) >= 11 is 3.52. The van der Waals surface area contributed by atoms with Crippen LogP contribution in [-0.2, 0) is 9.47 Å². The summed E-state index contributed by atoms with van der Waals surface area (Å²) in [4.78, 5) is 26.0. The molecule has 9 heteroatoms. The van der Waals surface area contributed by atoms with Crippen molar-refractivity contribution in [2.24, 2.45) is 0 Å². The molecule has 2 N–H and O–H groups in total. The third-order valence-corrected chi connectivity index (χ3v) is 9.04. The molecule has 0 aliphatic carbocycles. The SMILES string of the molecule is Cc1cn([C@H]2C[C@H](O)[C@@H]([C@@H]3CC([Si](C)(C)C)C(CCBr)O3)O2)c(=O)[nH]c1=O. The predicted molar refractivity (Wildman–Crippen MR) is 109 cm³/mol. The molecule has 3 rings (SSSR count). The van der Waals surface area contributed by atoms with Crippen LogP contribution in [0.25, 0.3) is 0 Å². The van der Waals surface area contributed by atoms with Crippen molar-refractivity contribution in [1.82, 2.24) is 9.55 Å². The minimum atomic E-state index is -1.42. The molecule has 0 spiro atoms. The Morgan fingerprint density at radius 3 is 2.63 bits per heavy atom. The number of aryl methyl sites for hydroxylation is 1. The van der Waals surface area contributed by atoms with Crippen LogP contribution in [0.5, 0.6) is 0 Å². The van der Waals surface area contributed by atoms with Crippen LogP contribution in [0.4, 0.5) is 0 Å². The van der Waals surface area contributed by atoms with Gasteiger partial charge in [0, 0.05) is 23.5 Å². The average molecular weight is 461 g/mol. The monoisotopic (exact) mass is 460 g/mol. The molecule has 2 fully saturated rings. The largest absolute Gasteiger partial charge is 0.390 e. The molecule has 6 atom stereocenters. The molecular weight excluding hydrogens is 432 g/mol. The number of nitrogens with zero attached hydrogens (tertiary/aromatic N) is 1. The topological polar surface area (TPSA) is 93.6 Å². The normalized spacial score (nSPS) is 34.3. The van der Waals surface area contributed by atoms with Crippen molar-refractivity contribution in [1.29, 1.82) is 0 Å². The van der Waals surface area contributed by atoms with Crippen molar-refractivity contribution in [3.8, 4) is 0 Å². The highest BCUT2D eigenvalue weighted by molar-refractivity contribution is 9.09. The smallest absolute Gasteiger partial charge is 0.330 e. The fourth-order valence-electron chi connectivity index (χ4n) is 4.26. The highest BCUT2D eigenvalue weighted by Crippen LogP contribution is 2.45. The summed E-state index contributed by atoms with van der Waals surface area (Å²) in [7, 11) is -1.42. The number of H-pyrrole nitrogens is 1. The Labute approximate surface area is 168 Å². The van der Waals surface area contributed by atoms with E-state index in [9.17, 15) is 14.7 Å². The fourth-order valence-corrected chi connectivity index (χ4v) is 7.01. The Balaban J connectivity index is 1.78. The summed E-state index contributed by atoms with van der Waals surface area (Å²) in [5.41, 5.74) is 0.0198. The number of aliphatic hydroxyl groups excluding tert-OH is 1. The molecule has 0 amide bonds. The molecule has 2 aliphatic rings. The first-order valence-electron chi connectivity index (χ1n) is 9.49. The van der Waals surface area contributed by atoms with Gasteiger partial charge in [-0.15, -0.1) is 0 Å². The first-order valence-corrected chi connectivity index (χ1v) is 14.2. The van der Waals surface area contributed by atoms with E-state index in [-0.39, 0.29) is 12.2 Å². The molecular formula is C18H29BrN2O5Si. The molecule has 2 unspecified atom stereocenters. The molecule has 2 aliphatic heterocycles. The molecule has 1 aromatic rings. The second-order valence-electron chi connectivity index (χ2n) is 8.74. The Morgan fingerprint density at radius 1 is 1.30 bits per heavy atom. The maximum atomic E-state index is 12.1. The molecule has 0 radical (unpaired) electrons. The van der Waals surface area contributed by atoms with Crippen molar-refractivity contribution >= 4 is 24.0 Å². The Bertz CT molecular complexity index is 789. The first kappa shape index (κ1) is 21.0. The number of nitrogens with one attached hydrogen (secondary N) is 1. The lowest BCUT2D eigenvalue weighted by atomic mass is 10.0. The van der Waals surface area contributed by atoms with Gasteiger partial charge in [-0.3, -0.25) is 14.3 Å². The zero-order chi connectivity index (χ0) is 19.9. The van der Waals surface area contributed by atoms with Crippen molar-refractivity contribution in [3.05, 3.63) is 32.6 Å². The first-order chi connectivity index (χ1) is 12.6. The van der Waals surface area contributed by atoms with Gasteiger partial charge in [0.1, 0.15) is 12.3 Å². The van der Waals surface area contributed by atoms with E-state index in [0.717, 1.165) is 18.2 Å². The van der Waals surface area contributed by atoms with Crippen LogP contribution >= 0.6 is 15.9 Å². The summed E-state index contributed by atoms with van der Waals surface area (Å²) in [6.45, 7) is 8.69. The van der Waals surface area contributed by atoms with Gasteiger partial charge in [0.15, 0.2) is 0 Å². The number of aromatic amines is 1. The standard InChI is InChI=1S/C18H29BrN2O5Si/c1-10-9-21(18(24)20-17(10)23)15-7-11(22)16(26-15)13-8-14(27(2,3)4)12(25-13)5-6-19/h9,11-16,22H,5-8H2,1-4H3,(H,20,23,24)/t11-,12?,13-,14?,15+,16-/m0/s1. The van der Waals surface area contributed by atoms with Crippen molar-refractivity contribution in [2.45, 2.75) is 82.0 Å². The van der Waals surface area contributed by atoms with Crippen LogP contribution in [0, 0.1) is 6.92 Å². The Hall–Kier alpha value is -0.743. The van der Waals surface area contributed by atoms with Gasteiger partial charge in [0.2, 0.25) is 0 Å². The number of ether oxygens (including phenoxy) is 2. The van der Waals surface area contributed by atoms with E-state index in [1.807, 2.05) is 0 Å². The number of halogens is 1. The zero-order valence-electron chi connectivity index (χ0n) is 16.3. The molecule has 152 valence electrons. The predicted octanol–water partition coefficient (Wildman–Crippen LogP) is 2.14. The van der Waals surface area contributed by atoms with Crippen LogP contribution in [-0.4, -0.2) is 52.5 Å². The van der Waals surface area contributed by atoms with Gasteiger partial charge in [-0.1, -0.05) is 35.6 Å². The van der Waals surface area contributed by atoms with Gasteiger partial charge in [-0.25, -0.2) is 4.79 Å². The third kappa shape index (κ3) is 4.32. The molecule has 3 heterocycles. The van der Waals surface area contributed by atoms with Crippen LogP contribution in [0.1, 0.15) is 31.1 Å².